The third-order valence-corrected chi connectivity index (χ3v) is 2.92. The van der Waals surface area contributed by atoms with Gasteiger partial charge < -0.3 is 16.2 Å². The Kier molecular flexibility index (Phi) is 2.88. The Bertz CT molecular complexity index is 317. The van der Waals surface area contributed by atoms with Gasteiger partial charge in [0.25, 0.3) is 0 Å². The third kappa shape index (κ3) is 2.67. The van der Waals surface area contributed by atoms with Crippen LogP contribution < -0.4 is 11.1 Å². The minimum Gasteiger partial charge on any atom is -0.389 e. The number of piperidine rings is 1. The lowest BCUT2D eigenvalue weighted by Crippen LogP contribution is -2.43. The topological polar surface area (TPSA) is 71.2 Å². The van der Waals surface area contributed by atoms with Gasteiger partial charge in [-0.2, -0.15) is 0 Å². The lowest BCUT2D eigenvalue weighted by atomic mass is 9.86. The first-order valence-electron chi connectivity index (χ1n) is 5.31. The summed E-state index contributed by atoms with van der Waals surface area (Å²) in [5.74, 6) is 0.524. The lowest BCUT2D eigenvalue weighted by molar-refractivity contribution is 0.0108. The highest BCUT2D eigenvalue weighted by Gasteiger charge is 2.29. The van der Waals surface area contributed by atoms with Crippen molar-refractivity contribution < 1.29 is 5.11 Å². The fourth-order valence-electron chi connectivity index (χ4n) is 1.99. The predicted octanol–water partition coefficient (Wildman–Crippen LogP) is 0.321. The first-order chi connectivity index (χ1) is 7.18. The maximum atomic E-state index is 10.3. The largest absolute Gasteiger partial charge is 0.389 e. The van der Waals surface area contributed by atoms with Crippen molar-refractivity contribution in [2.24, 2.45) is 0 Å². The molecule has 0 aliphatic carbocycles. The average Bonchev–Trinajstić information content (AvgIpc) is 2.22. The summed E-state index contributed by atoms with van der Waals surface area (Å²) in [4.78, 5) is 4.03. The van der Waals surface area contributed by atoms with Gasteiger partial charge in [-0.15, -0.1) is 0 Å². The predicted molar refractivity (Wildman–Crippen MR) is 59.4 cm³/mol. The molecule has 0 bridgehead atoms. The molecule has 2 heterocycles. The second-order valence-corrected chi connectivity index (χ2v) is 4.24. The van der Waals surface area contributed by atoms with Crippen LogP contribution in [0.4, 0.5) is 5.82 Å². The fourth-order valence-corrected chi connectivity index (χ4v) is 1.99. The van der Waals surface area contributed by atoms with Crippen LogP contribution in [-0.4, -0.2) is 28.8 Å². The van der Waals surface area contributed by atoms with E-state index in [2.05, 4.69) is 10.3 Å². The van der Waals surface area contributed by atoms with Gasteiger partial charge in [0.2, 0.25) is 0 Å². The van der Waals surface area contributed by atoms with E-state index in [0.717, 1.165) is 31.5 Å². The van der Waals surface area contributed by atoms with Crippen molar-refractivity contribution in [2.75, 3.05) is 18.8 Å². The van der Waals surface area contributed by atoms with E-state index in [1.807, 2.05) is 6.07 Å². The normalized spacial score (nSPS) is 20.1. The van der Waals surface area contributed by atoms with Crippen molar-refractivity contribution in [3.63, 3.8) is 0 Å². The highest BCUT2D eigenvalue weighted by Crippen LogP contribution is 2.22. The molecule has 0 aromatic carbocycles. The Morgan fingerprint density at radius 2 is 2.13 bits per heavy atom. The Labute approximate surface area is 89.5 Å². The van der Waals surface area contributed by atoms with E-state index in [1.165, 1.54) is 0 Å². The highest BCUT2D eigenvalue weighted by atomic mass is 16.3. The zero-order valence-electron chi connectivity index (χ0n) is 8.74. The molecule has 0 amide bonds. The van der Waals surface area contributed by atoms with Crippen molar-refractivity contribution in [1.82, 2.24) is 10.3 Å². The first kappa shape index (κ1) is 10.4. The van der Waals surface area contributed by atoms with Gasteiger partial charge in [-0.1, -0.05) is 6.07 Å². The summed E-state index contributed by atoms with van der Waals surface area (Å²) >= 11 is 0. The Hall–Kier alpha value is -1.13. The maximum Gasteiger partial charge on any atom is 0.123 e. The van der Waals surface area contributed by atoms with Crippen molar-refractivity contribution in [1.29, 1.82) is 0 Å². The molecule has 1 aliphatic heterocycles. The fraction of sp³-hybridized carbons (Fsp3) is 0.545. The van der Waals surface area contributed by atoms with E-state index < -0.39 is 5.60 Å². The van der Waals surface area contributed by atoms with Crippen LogP contribution in [0.15, 0.2) is 18.3 Å². The number of nitrogens with zero attached hydrogens (tertiary/aromatic N) is 1. The smallest absolute Gasteiger partial charge is 0.123 e. The zero-order chi connectivity index (χ0) is 10.7. The van der Waals surface area contributed by atoms with Gasteiger partial charge in [0, 0.05) is 12.6 Å². The van der Waals surface area contributed by atoms with Crippen molar-refractivity contribution in [3.05, 3.63) is 23.9 Å². The zero-order valence-corrected chi connectivity index (χ0v) is 8.74. The summed E-state index contributed by atoms with van der Waals surface area (Å²) in [7, 11) is 0. The molecule has 0 saturated carbocycles. The number of hydrogen-bond acceptors (Lipinski definition) is 4. The summed E-state index contributed by atoms with van der Waals surface area (Å²) in [5, 5.41) is 13.5. The highest BCUT2D eigenvalue weighted by molar-refractivity contribution is 5.29. The van der Waals surface area contributed by atoms with Crippen LogP contribution in [0, 0.1) is 0 Å². The van der Waals surface area contributed by atoms with Crippen LogP contribution in [-0.2, 0) is 6.42 Å². The standard InChI is InChI=1S/C11H17N3O/c12-10-2-1-9(8-14-10)7-11(15)3-5-13-6-4-11/h1-2,8,13,15H,3-7H2,(H2,12,14). The van der Waals surface area contributed by atoms with Gasteiger partial charge in [-0.25, -0.2) is 4.98 Å². The molecule has 1 fully saturated rings. The molecule has 4 heteroatoms. The van der Waals surface area contributed by atoms with Crippen LogP contribution in [0.5, 0.6) is 0 Å². The van der Waals surface area contributed by atoms with E-state index in [-0.39, 0.29) is 0 Å². The molecule has 1 aromatic heterocycles. The van der Waals surface area contributed by atoms with Crippen molar-refractivity contribution >= 4 is 5.82 Å². The van der Waals surface area contributed by atoms with Crippen molar-refractivity contribution in [2.45, 2.75) is 24.9 Å². The number of nitrogens with one attached hydrogen (secondary N) is 1. The minimum absolute atomic E-state index is 0.524. The Balaban J connectivity index is 2.03. The number of aromatic nitrogens is 1. The molecule has 0 unspecified atom stereocenters. The van der Waals surface area contributed by atoms with E-state index in [0.29, 0.717) is 12.2 Å². The molecular weight excluding hydrogens is 190 g/mol. The molecule has 4 N–H and O–H groups in total. The molecule has 1 saturated heterocycles. The van der Waals surface area contributed by atoms with Gasteiger partial charge in [-0.3, -0.25) is 0 Å². The van der Waals surface area contributed by atoms with Crippen LogP contribution in [0.2, 0.25) is 0 Å². The summed E-state index contributed by atoms with van der Waals surface area (Å²) < 4.78 is 0. The summed E-state index contributed by atoms with van der Waals surface area (Å²) in [6.07, 6.45) is 4.02. The van der Waals surface area contributed by atoms with E-state index in [9.17, 15) is 5.11 Å². The lowest BCUT2D eigenvalue weighted by Gasteiger charge is -2.32. The van der Waals surface area contributed by atoms with Gasteiger partial charge >= 0.3 is 0 Å². The summed E-state index contributed by atoms with van der Waals surface area (Å²) in [5.41, 5.74) is 5.99. The number of pyridine rings is 1. The van der Waals surface area contributed by atoms with Crippen LogP contribution in [0.3, 0.4) is 0 Å². The monoisotopic (exact) mass is 207 g/mol. The molecule has 1 aliphatic rings. The average molecular weight is 207 g/mol. The second kappa shape index (κ2) is 4.16. The molecule has 4 nitrogen and oxygen atoms in total. The minimum atomic E-state index is -0.566. The number of anilines is 1. The molecule has 15 heavy (non-hydrogen) atoms. The molecule has 82 valence electrons. The van der Waals surface area contributed by atoms with Gasteiger partial charge in [0.1, 0.15) is 5.82 Å². The summed E-state index contributed by atoms with van der Waals surface area (Å²) in [6.45, 7) is 1.78. The molecule has 1 aromatic rings. The quantitative estimate of drug-likeness (QED) is 0.653. The van der Waals surface area contributed by atoms with E-state index in [1.54, 1.807) is 12.3 Å². The SMILES string of the molecule is Nc1ccc(CC2(O)CCNCC2)cn1. The van der Waals surface area contributed by atoms with Crippen molar-refractivity contribution in [3.8, 4) is 0 Å². The number of hydrogen-bond donors (Lipinski definition) is 3. The second-order valence-electron chi connectivity index (χ2n) is 4.24. The third-order valence-electron chi connectivity index (χ3n) is 2.92. The first-order valence-corrected chi connectivity index (χ1v) is 5.31. The number of aliphatic hydroxyl groups is 1. The maximum absolute atomic E-state index is 10.3. The van der Waals surface area contributed by atoms with Crippen LogP contribution in [0.25, 0.3) is 0 Å². The number of rotatable bonds is 2. The van der Waals surface area contributed by atoms with Crippen LogP contribution in [0.1, 0.15) is 18.4 Å². The Morgan fingerprint density at radius 3 is 2.73 bits per heavy atom. The van der Waals surface area contributed by atoms with E-state index in [4.69, 9.17) is 5.73 Å². The summed E-state index contributed by atoms with van der Waals surface area (Å²) in [6, 6.07) is 3.71. The van der Waals surface area contributed by atoms with Gasteiger partial charge in [0.15, 0.2) is 0 Å². The van der Waals surface area contributed by atoms with Gasteiger partial charge in [-0.05, 0) is 37.6 Å². The molecular formula is C11H17N3O. The number of nitrogen functional groups attached to an aromatic ring is 1. The van der Waals surface area contributed by atoms with E-state index >= 15 is 0 Å². The molecule has 0 radical (unpaired) electrons. The number of nitrogens with two attached hydrogens (primary N) is 1. The van der Waals surface area contributed by atoms with Gasteiger partial charge in [0.05, 0.1) is 5.60 Å². The Morgan fingerprint density at radius 1 is 1.40 bits per heavy atom. The molecule has 0 spiro atoms. The molecule has 2 rings (SSSR count). The molecule has 0 atom stereocenters. The van der Waals surface area contributed by atoms with Crippen LogP contribution >= 0.6 is 0 Å².